The molecule has 0 bridgehead atoms. The second-order valence-electron chi connectivity index (χ2n) is 16.7. The van der Waals surface area contributed by atoms with Gasteiger partial charge in [-0.05, 0) is 91.9 Å². The number of hydrogen-bond acceptors (Lipinski definition) is 7. The van der Waals surface area contributed by atoms with Crippen LogP contribution in [0.25, 0.3) is 98.8 Å². The Balaban J connectivity index is 0.00000494. The van der Waals surface area contributed by atoms with Crippen molar-refractivity contribution in [3.05, 3.63) is 232 Å². The Morgan fingerprint density at radius 1 is 0.448 bits per heavy atom. The van der Waals surface area contributed by atoms with Gasteiger partial charge in [-0.3, -0.25) is 0 Å². The summed E-state index contributed by atoms with van der Waals surface area (Å²) in [7, 11) is 0. The summed E-state index contributed by atoms with van der Waals surface area (Å²) in [5.74, 6) is 0. The second kappa shape index (κ2) is 17.5. The molecule has 0 aliphatic heterocycles. The summed E-state index contributed by atoms with van der Waals surface area (Å²) in [4.78, 5) is 40.9. The third-order valence-electron chi connectivity index (χ3n) is 12.6. The van der Waals surface area contributed by atoms with E-state index in [1.54, 1.807) is 36.4 Å². The molecular weight excluding hydrogens is 1010 g/mol. The Morgan fingerprint density at radius 2 is 1.03 bits per heavy atom. The van der Waals surface area contributed by atoms with Crippen LogP contribution in [0, 0.1) is 18.2 Å². The summed E-state index contributed by atoms with van der Waals surface area (Å²) in [6, 6.07) is 60.6. The summed E-state index contributed by atoms with van der Waals surface area (Å²) in [6.07, 6.45) is 8.41. The van der Waals surface area contributed by atoms with Crippen LogP contribution in [0.15, 0.2) is 189 Å². The third-order valence-corrected chi connectivity index (χ3v) is 12.6. The normalized spacial score (nSPS) is 11.5. The van der Waals surface area contributed by atoms with Crippen LogP contribution in [0.5, 0.6) is 0 Å². The predicted octanol–water partition coefficient (Wildman–Crippen LogP) is 12.7. The molecule has 5 heterocycles. The molecule has 67 heavy (non-hydrogen) atoms. The van der Waals surface area contributed by atoms with Gasteiger partial charge in [-0.1, -0.05) is 102 Å². The number of fused-ring (bicyclic) bond motifs is 9. The molecular formula is C59H36IrN3O4. The molecule has 320 valence electrons. The van der Waals surface area contributed by atoms with Gasteiger partial charge in [-0.15, -0.1) is 84.4 Å². The Labute approximate surface area is 397 Å². The minimum absolute atomic E-state index is 0. The third kappa shape index (κ3) is 7.70. The molecule has 0 atom stereocenters. The van der Waals surface area contributed by atoms with E-state index in [1.807, 2.05) is 48.9 Å². The van der Waals surface area contributed by atoms with E-state index in [0.29, 0.717) is 69.4 Å². The molecule has 0 saturated heterocycles. The Kier molecular flexibility index (Phi) is 10.9. The topological polar surface area (TPSA) is 99.1 Å². The Morgan fingerprint density at radius 3 is 1.67 bits per heavy atom. The van der Waals surface area contributed by atoms with Crippen LogP contribution in [0.2, 0.25) is 0 Å². The summed E-state index contributed by atoms with van der Waals surface area (Å²) in [6.45, 7) is 0. The second-order valence-corrected chi connectivity index (χ2v) is 16.7. The van der Waals surface area contributed by atoms with Gasteiger partial charge in [0.15, 0.2) is 0 Å². The van der Waals surface area contributed by atoms with Crippen molar-refractivity contribution in [2.45, 2.75) is 25.7 Å². The molecule has 0 radical (unpaired) electrons. The van der Waals surface area contributed by atoms with Crippen molar-refractivity contribution in [1.29, 1.82) is 0 Å². The van der Waals surface area contributed by atoms with Gasteiger partial charge in [0, 0.05) is 57.1 Å². The molecule has 0 aliphatic carbocycles. The molecule has 0 fully saturated rings. The van der Waals surface area contributed by atoms with Gasteiger partial charge in [0.05, 0.1) is 0 Å². The number of benzene rings is 7. The number of rotatable bonds is 9. The maximum Gasteiger partial charge on any atom is 3.00 e. The van der Waals surface area contributed by atoms with E-state index >= 15 is 0 Å². The number of pyridine rings is 3. The minimum Gasteiger partial charge on any atom is -0.472 e. The van der Waals surface area contributed by atoms with Gasteiger partial charge < -0.3 is 23.8 Å². The zero-order valence-corrected chi connectivity index (χ0v) is 38.2. The molecule has 0 amide bonds. The summed E-state index contributed by atoms with van der Waals surface area (Å²) in [5.41, 5.74) is 11.5. The van der Waals surface area contributed by atoms with Gasteiger partial charge in [0.25, 0.3) is 0 Å². The van der Waals surface area contributed by atoms with Crippen LogP contribution in [0.3, 0.4) is 0 Å². The SMILES string of the molecule is O=c1oc2ccc[c-]c2c2ncc(CCc3cc(CCc4cnc5c(c4)c(=O)oc4ccc[c-]c45)cc(-c4ccccc4-c4cnc(-c5[c-]cccc5)c5ccc6ccccc6c45)c3)cc12.[Ir+3]. The van der Waals surface area contributed by atoms with Crippen LogP contribution in [-0.4, -0.2) is 15.0 Å². The van der Waals surface area contributed by atoms with E-state index in [0.717, 1.165) is 77.3 Å². The van der Waals surface area contributed by atoms with E-state index in [-0.39, 0.29) is 20.1 Å². The van der Waals surface area contributed by atoms with Crippen LogP contribution in [0.4, 0.5) is 0 Å². The van der Waals surface area contributed by atoms with E-state index in [4.69, 9.17) is 23.8 Å². The van der Waals surface area contributed by atoms with Gasteiger partial charge in [0.2, 0.25) is 0 Å². The van der Waals surface area contributed by atoms with Crippen LogP contribution < -0.4 is 11.3 Å². The number of hydrogen-bond donors (Lipinski definition) is 0. The van der Waals surface area contributed by atoms with Crippen molar-refractivity contribution in [2.75, 3.05) is 0 Å². The number of aryl methyl sites for hydroxylation is 4. The number of aromatic nitrogens is 3. The van der Waals surface area contributed by atoms with E-state index in [9.17, 15) is 9.59 Å². The minimum atomic E-state index is -0.413. The maximum atomic E-state index is 13.1. The molecule has 5 aromatic heterocycles. The first-order valence-corrected chi connectivity index (χ1v) is 22.0. The molecule has 0 unspecified atom stereocenters. The molecule has 7 aromatic carbocycles. The monoisotopic (exact) mass is 1040 g/mol. The Hall–Kier alpha value is -7.90. The molecule has 7 nitrogen and oxygen atoms in total. The zero-order valence-electron chi connectivity index (χ0n) is 35.8. The molecule has 0 aliphatic rings. The molecule has 0 saturated carbocycles. The smallest absolute Gasteiger partial charge is 0.472 e. The van der Waals surface area contributed by atoms with Gasteiger partial charge in [0.1, 0.15) is 0 Å². The summed E-state index contributed by atoms with van der Waals surface area (Å²) in [5, 5.41) is 6.77. The van der Waals surface area contributed by atoms with E-state index in [2.05, 4.69) is 103 Å². The average Bonchev–Trinajstić information content (AvgIpc) is 3.37. The van der Waals surface area contributed by atoms with Crippen molar-refractivity contribution in [3.63, 3.8) is 0 Å². The van der Waals surface area contributed by atoms with Gasteiger partial charge >= 0.3 is 31.4 Å². The molecule has 0 spiro atoms. The fourth-order valence-corrected chi connectivity index (χ4v) is 9.43. The van der Waals surface area contributed by atoms with E-state index < -0.39 is 11.3 Å². The zero-order chi connectivity index (χ0) is 44.1. The summed E-state index contributed by atoms with van der Waals surface area (Å²) < 4.78 is 11.3. The molecule has 0 N–H and O–H groups in total. The van der Waals surface area contributed by atoms with Crippen molar-refractivity contribution in [1.82, 2.24) is 15.0 Å². The fraction of sp³-hybridized carbons (Fsp3) is 0.0678. The quantitative estimate of drug-likeness (QED) is 0.0806. The van der Waals surface area contributed by atoms with Crippen molar-refractivity contribution >= 4 is 65.3 Å². The fourth-order valence-electron chi connectivity index (χ4n) is 9.43. The van der Waals surface area contributed by atoms with Gasteiger partial charge in [-0.2, -0.15) is 0 Å². The molecule has 12 aromatic rings. The van der Waals surface area contributed by atoms with Crippen LogP contribution in [0.1, 0.15) is 22.3 Å². The average molecular weight is 1040 g/mol. The van der Waals surface area contributed by atoms with Crippen LogP contribution >= 0.6 is 0 Å². The first kappa shape index (κ1) is 41.8. The molecule has 8 heteroatoms. The van der Waals surface area contributed by atoms with Crippen molar-refractivity contribution < 1.29 is 28.9 Å². The first-order valence-electron chi connectivity index (χ1n) is 22.0. The van der Waals surface area contributed by atoms with Gasteiger partial charge in [-0.25, -0.2) is 9.59 Å². The first-order chi connectivity index (χ1) is 32.5. The standard InChI is InChI=1S/C59H36N3O4.Ir/c63-58-49-31-38(33-60-56(49)46-18-8-10-20-52(46)65-58)24-22-36-28-37(23-25-39-32-50-57(61-34-39)47-19-9-11-21-53(47)66-59(50)64)30-42(29-36)43-15-6-7-17-45(43)51-35-62-55(41-13-2-1-3-14-41)48-27-26-40-12-4-5-16-44(40)54(48)51;/h1-13,15-17,20-21,26-35H,22-25H2;/q-3;+3. The van der Waals surface area contributed by atoms with Crippen molar-refractivity contribution in [2.24, 2.45) is 0 Å². The van der Waals surface area contributed by atoms with Crippen molar-refractivity contribution in [3.8, 4) is 33.5 Å². The predicted molar refractivity (Wildman–Crippen MR) is 262 cm³/mol. The Bertz CT molecular complexity index is 3860. The van der Waals surface area contributed by atoms with Crippen LogP contribution in [-0.2, 0) is 45.8 Å². The largest absolute Gasteiger partial charge is 3.00 e. The van der Waals surface area contributed by atoms with E-state index in [1.165, 1.54) is 0 Å². The molecule has 12 rings (SSSR count). The number of nitrogens with zero attached hydrogens (tertiary/aromatic N) is 3. The summed E-state index contributed by atoms with van der Waals surface area (Å²) >= 11 is 0. The maximum absolute atomic E-state index is 13.1.